The van der Waals surface area contributed by atoms with Gasteiger partial charge in [-0.1, -0.05) is 31.2 Å². The third-order valence-corrected chi connectivity index (χ3v) is 3.22. The molecule has 0 aromatic heterocycles. The van der Waals surface area contributed by atoms with Crippen molar-refractivity contribution in [2.45, 2.75) is 20.3 Å². The van der Waals surface area contributed by atoms with Crippen molar-refractivity contribution < 1.29 is 14.3 Å². The SMILES string of the molecule is CCCOc1ccc(/C=C/C(=O)Nc2ccccc2OCC)cc1. The third-order valence-electron chi connectivity index (χ3n) is 3.22. The number of rotatable bonds is 8. The van der Waals surface area contributed by atoms with Crippen LogP contribution in [0.3, 0.4) is 0 Å². The van der Waals surface area contributed by atoms with E-state index in [-0.39, 0.29) is 5.91 Å². The lowest BCUT2D eigenvalue weighted by molar-refractivity contribution is -0.111. The first-order valence-corrected chi connectivity index (χ1v) is 8.16. The molecule has 0 radical (unpaired) electrons. The minimum atomic E-state index is -0.200. The lowest BCUT2D eigenvalue weighted by Gasteiger charge is -2.09. The molecule has 0 aliphatic rings. The van der Waals surface area contributed by atoms with Crippen LogP contribution in [0.5, 0.6) is 11.5 Å². The van der Waals surface area contributed by atoms with Gasteiger partial charge in [0.2, 0.25) is 5.91 Å². The van der Waals surface area contributed by atoms with E-state index < -0.39 is 0 Å². The van der Waals surface area contributed by atoms with Gasteiger partial charge in [0.15, 0.2) is 0 Å². The number of hydrogen-bond donors (Lipinski definition) is 1. The van der Waals surface area contributed by atoms with Crippen LogP contribution in [0.25, 0.3) is 6.08 Å². The molecule has 0 heterocycles. The molecule has 2 aromatic carbocycles. The van der Waals surface area contributed by atoms with Crippen molar-refractivity contribution >= 4 is 17.7 Å². The number of hydrogen-bond acceptors (Lipinski definition) is 3. The lowest BCUT2D eigenvalue weighted by atomic mass is 10.2. The Morgan fingerprint density at radius 3 is 2.50 bits per heavy atom. The van der Waals surface area contributed by atoms with Crippen molar-refractivity contribution in [2.75, 3.05) is 18.5 Å². The fourth-order valence-corrected chi connectivity index (χ4v) is 2.09. The summed E-state index contributed by atoms with van der Waals surface area (Å²) in [7, 11) is 0. The number of carbonyl (C=O) groups excluding carboxylic acids is 1. The highest BCUT2D eigenvalue weighted by atomic mass is 16.5. The quantitative estimate of drug-likeness (QED) is 0.726. The van der Waals surface area contributed by atoms with Crippen LogP contribution in [0, 0.1) is 0 Å². The second-order valence-corrected chi connectivity index (χ2v) is 5.17. The van der Waals surface area contributed by atoms with Crippen LogP contribution in [0.1, 0.15) is 25.8 Å². The van der Waals surface area contributed by atoms with E-state index >= 15 is 0 Å². The van der Waals surface area contributed by atoms with E-state index in [9.17, 15) is 4.79 Å². The Bertz CT molecular complexity index is 678. The Hall–Kier alpha value is -2.75. The summed E-state index contributed by atoms with van der Waals surface area (Å²) in [6, 6.07) is 15.0. The Kier molecular flexibility index (Phi) is 6.90. The highest BCUT2D eigenvalue weighted by molar-refractivity contribution is 6.02. The highest BCUT2D eigenvalue weighted by Gasteiger charge is 2.04. The van der Waals surface area contributed by atoms with Gasteiger partial charge in [-0.3, -0.25) is 4.79 Å². The normalized spacial score (nSPS) is 10.6. The number of nitrogens with one attached hydrogen (secondary N) is 1. The largest absolute Gasteiger partial charge is 0.494 e. The first-order chi connectivity index (χ1) is 11.7. The van der Waals surface area contributed by atoms with Crippen LogP contribution in [-0.4, -0.2) is 19.1 Å². The van der Waals surface area contributed by atoms with E-state index in [1.807, 2.05) is 55.5 Å². The molecule has 4 nitrogen and oxygen atoms in total. The summed E-state index contributed by atoms with van der Waals surface area (Å²) in [6.07, 6.45) is 4.25. The molecule has 0 unspecified atom stereocenters. The maximum Gasteiger partial charge on any atom is 0.248 e. The zero-order valence-electron chi connectivity index (χ0n) is 14.1. The Labute approximate surface area is 143 Å². The summed E-state index contributed by atoms with van der Waals surface area (Å²) in [5, 5.41) is 2.83. The summed E-state index contributed by atoms with van der Waals surface area (Å²) in [5.74, 6) is 1.30. The fraction of sp³-hybridized carbons (Fsp3) is 0.250. The Balaban J connectivity index is 1.95. The third kappa shape index (κ3) is 5.47. The maximum absolute atomic E-state index is 12.1. The van der Waals surface area contributed by atoms with Gasteiger partial charge in [-0.05, 0) is 49.2 Å². The fourth-order valence-electron chi connectivity index (χ4n) is 2.09. The van der Waals surface area contributed by atoms with E-state index in [0.29, 0.717) is 24.7 Å². The number of para-hydroxylation sites is 2. The lowest BCUT2D eigenvalue weighted by Crippen LogP contribution is -2.09. The van der Waals surface area contributed by atoms with E-state index in [1.54, 1.807) is 6.08 Å². The molecular weight excluding hydrogens is 302 g/mol. The Morgan fingerprint density at radius 1 is 1.04 bits per heavy atom. The van der Waals surface area contributed by atoms with Gasteiger partial charge in [0.05, 0.1) is 18.9 Å². The van der Waals surface area contributed by atoms with Crippen LogP contribution in [-0.2, 0) is 4.79 Å². The smallest absolute Gasteiger partial charge is 0.248 e. The molecule has 0 atom stereocenters. The average molecular weight is 325 g/mol. The molecule has 126 valence electrons. The van der Waals surface area contributed by atoms with Crippen molar-refractivity contribution in [3.8, 4) is 11.5 Å². The molecule has 24 heavy (non-hydrogen) atoms. The number of anilines is 1. The van der Waals surface area contributed by atoms with Crippen LogP contribution in [0.15, 0.2) is 54.6 Å². The predicted octanol–water partition coefficient (Wildman–Crippen LogP) is 4.53. The zero-order chi connectivity index (χ0) is 17.2. The standard InChI is InChI=1S/C20H23NO3/c1-3-15-24-17-12-9-16(10-13-17)11-14-20(22)21-18-7-5-6-8-19(18)23-4-2/h5-14H,3-4,15H2,1-2H3,(H,21,22)/b14-11+. The second kappa shape index (κ2) is 9.40. The molecule has 2 rings (SSSR count). The van der Waals surface area contributed by atoms with Crippen molar-refractivity contribution in [1.29, 1.82) is 0 Å². The molecule has 0 aliphatic carbocycles. The summed E-state index contributed by atoms with van der Waals surface area (Å²) in [4.78, 5) is 12.1. The van der Waals surface area contributed by atoms with Crippen molar-refractivity contribution in [2.24, 2.45) is 0 Å². The predicted molar refractivity (Wildman–Crippen MR) is 97.5 cm³/mol. The van der Waals surface area contributed by atoms with Gasteiger partial charge in [0, 0.05) is 6.08 Å². The number of amides is 1. The van der Waals surface area contributed by atoms with Gasteiger partial charge in [-0.15, -0.1) is 0 Å². The maximum atomic E-state index is 12.1. The molecule has 2 aromatic rings. The van der Waals surface area contributed by atoms with Crippen molar-refractivity contribution in [3.05, 3.63) is 60.2 Å². The van der Waals surface area contributed by atoms with E-state index in [4.69, 9.17) is 9.47 Å². The Morgan fingerprint density at radius 2 is 1.79 bits per heavy atom. The first-order valence-electron chi connectivity index (χ1n) is 8.16. The molecule has 1 N–H and O–H groups in total. The van der Waals surface area contributed by atoms with Gasteiger partial charge in [0.1, 0.15) is 11.5 Å². The van der Waals surface area contributed by atoms with E-state index in [1.165, 1.54) is 6.08 Å². The molecular formula is C20H23NO3. The minimum Gasteiger partial charge on any atom is -0.494 e. The average Bonchev–Trinajstić information content (AvgIpc) is 2.61. The summed E-state index contributed by atoms with van der Waals surface area (Å²) < 4.78 is 11.0. The molecule has 0 saturated heterocycles. The topological polar surface area (TPSA) is 47.6 Å². The molecule has 0 aliphatic heterocycles. The van der Waals surface area contributed by atoms with Gasteiger partial charge in [-0.2, -0.15) is 0 Å². The van der Waals surface area contributed by atoms with Gasteiger partial charge < -0.3 is 14.8 Å². The monoisotopic (exact) mass is 325 g/mol. The van der Waals surface area contributed by atoms with E-state index in [2.05, 4.69) is 12.2 Å². The molecule has 0 fully saturated rings. The van der Waals surface area contributed by atoms with Gasteiger partial charge >= 0.3 is 0 Å². The van der Waals surface area contributed by atoms with Crippen molar-refractivity contribution in [1.82, 2.24) is 0 Å². The zero-order valence-corrected chi connectivity index (χ0v) is 14.1. The van der Waals surface area contributed by atoms with Crippen LogP contribution < -0.4 is 14.8 Å². The van der Waals surface area contributed by atoms with Crippen LogP contribution in [0.4, 0.5) is 5.69 Å². The summed E-state index contributed by atoms with van der Waals surface area (Å²) in [6.45, 7) is 5.23. The molecule has 0 bridgehead atoms. The van der Waals surface area contributed by atoms with E-state index in [0.717, 1.165) is 17.7 Å². The van der Waals surface area contributed by atoms with Crippen LogP contribution >= 0.6 is 0 Å². The number of ether oxygens (including phenoxy) is 2. The van der Waals surface area contributed by atoms with Crippen LogP contribution in [0.2, 0.25) is 0 Å². The summed E-state index contributed by atoms with van der Waals surface area (Å²) >= 11 is 0. The number of carbonyl (C=O) groups is 1. The number of benzene rings is 2. The highest BCUT2D eigenvalue weighted by Crippen LogP contribution is 2.23. The van der Waals surface area contributed by atoms with Gasteiger partial charge in [0.25, 0.3) is 0 Å². The summed E-state index contributed by atoms with van der Waals surface area (Å²) in [5.41, 5.74) is 1.60. The second-order valence-electron chi connectivity index (χ2n) is 5.17. The molecule has 4 heteroatoms. The molecule has 1 amide bonds. The van der Waals surface area contributed by atoms with Crippen molar-refractivity contribution in [3.63, 3.8) is 0 Å². The van der Waals surface area contributed by atoms with Gasteiger partial charge in [-0.25, -0.2) is 0 Å². The molecule has 0 saturated carbocycles. The molecule has 0 spiro atoms. The minimum absolute atomic E-state index is 0.200. The first kappa shape index (κ1) is 17.6.